The van der Waals surface area contributed by atoms with E-state index in [1.54, 1.807) is 19.1 Å². The Morgan fingerprint density at radius 2 is 1.77 bits per heavy atom. The van der Waals surface area contributed by atoms with Crippen molar-refractivity contribution in [3.05, 3.63) is 87.3 Å². The summed E-state index contributed by atoms with van der Waals surface area (Å²) in [5, 5.41) is 8.24. The summed E-state index contributed by atoms with van der Waals surface area (Å²) in [5.74, 6) is -0.567. The zero-order valence-electron chi connectivity index (χ0n) is 16.0. The fourth-order valence-corrected chi connectivity index (χ4v) is 4.46. The van der Waals surface area contributed by atoms with Crippen molar-refractivity contribution in [2.45, 2.75) is 31.7 Å². The molecule has 5 nitrogen and oxygen atoms in total. The second kappa shape index (κ2) is 7.02. The first-order valence-electron chi connectivity index (χ1n) is 9.57. The van der Waals surface area contributed by atoms with Gasteiger partial charge in [-0.25, -0.2) is 13.5 Å². The normalized spacial score (nSPS) is 20.6. The number of aromatic nitrogens is 3. The number of hydrogen-bond acceptors (Lipinski definition) is 4. The summed E-state index contributed by atoms with van der Waals surface area (Å²) >= 11 is 5.99. The molecule has 2 unspecified atom stereocenters. The standard InChI is InChI=1S/C22H17ClF2N4O/c1-11-26-22-27-18-8-13(12-2-4-15(23)5-3-12)9-19(30)20(18)21(29(22)28-11)14-6-16(24)10-17(25)7-14/h2-7,10,13,21H,8-9H2,1H3,(H,26,27,28). The summed E-state index contributed by atoms with van der Waals surface area (Å²) in [6.07, 6.45) is 0.863. The van der Waals surface area contributed by atoms with Gasteiger partial charge >= 0.3 is 0 Å². The van der Waals surface area contributed by atoms with Crippen LogP contribution in [0.4, 0.5) is 14.7 Å². The van der Waals surface area contributed by atoms with Crippen molar-refractivity contribution in [1.29, 1.82) is 0 Å². The lowest BCUT2D eigenvalue weighted by molar-refractivity contribution is -0.116. The van der Waals surface area contributed by atoms with E-state index < -0.39 is 17.7 Å². The maximum absolute atomic E-state index is 14.0. The highest BCUT2D eigenvalue weighted by molar-refractivity contribution is 6.30. The fourth-order valence-electron chi connectivity index (χ4n) is 4.33. The maximum atomic E-state index is 14.0. The quantitative estimate of drug-likeness (QED) is 0.631. The zero-order chi connectivity index (χ0) is 21.0. The van der Waals surface area contributed by atoms with Gasteiger partial charge in [0.1, 0.15) is 23.5 Å². The highest BCUT2D eigenvalue weighted by Gasteiger charge is 2.39. The van der Waals surface area contributed by atoms with Crippen LogP contribution in [-0.4, -0.2) is 20.5 Å². The highest BCUT2D eigenvalue weighted by atomic mass is 35.5. The van der Waals surface area contributed by atoms with Crippen LogP contribution in [0.3, 0.4) is 0 Å². The molecule has 0 radical (unpaired) electrons. The van der Waals surface area contributed by atoms with E-state index in [-0.39, 0.29) is 11.7 Å². The van der Waals surface area contributed by atoms with Gasteiger partial charge < -0.3 is 5.32 Å². The number of hydrogen-bond donors (Lipinski definition) is 1. The number of carbonyl (C=O) groups is 1. The van der Waals surface area contributed by atoms with Crippen LogP contribution >= 0.6 is 11.6 Å². The van der Waals surface area contributed by atoms with Gasteiger partial charge in [-0.2, -0.15) is 10.1 Å². The molecule has 0 fully saturated rings. The molecule has 1 aliphatic carbocycles. The number of fused-ring (bicyclic) bond motifs is 1. The topological polar surface area (TPSA) is 59.8 Å². The number of aryl methyl sites for hydroxylation is 1. The Hall–Kier alpha value is -3.06. The molecule has 5 rings (SSSR count). The summed E-state index contributed by atoms with van der Waals surface area (Å²) in [6, 6.07) is 10.00. The van der Waals surface area contributed by atoms with Gasteiger partial charge in [-0.05, 0) is 54.7 Å². The molecule has 2 heterocycles. The van der Waals surface area contributed by atoms with Crippen LogP contribution in [-0.2, 0) is 4.79 Å². The smallest absolute Gasteiger partial charge is 0.226 e. The highest BCUT2D eigenvalue weighted by Crippen LogP contribution is 2.44. The largest absolute Gasteiger partial charge is 0.328 e. The van der Waals surface area contributed by atoms with Crippen molar-refractivity contribution < 1.29 is 13.6 Å². The number of allylic oxidation sites excluding steroid dienone is 2. The second-order valence-corrected chi connectivity index (χ2v) is 8.07. The molecule has 1 aromatic heterocycles. The first-order valence-corrected chi connectivity index (χ1v) is 9.94. The van der Waals surface area contributed by atoms with Crippen LogP contribution in [0.15, 0.2) is 53.7 Å². The zero-order valence-corrected chi connectivity index (χ0v) is 16.8. The van der Waals surface area contributed by atoms with Gasteiger partial charge in [-0.15, -0.1) is 0 Å². The number of Topliss-reactive ketones (excluding diaryl/α,β-unsaturated/α-hetero) is 1. The van der Waals surface area contributed by atoms with E-state index in [1.807, 2.05) is 12.1 Å². The summed E-state index contributed by atoms with van der Waals surface area (Å²) in [5.41, 5.74) is 2.52. The number of rotatable bonds is 2. The lowest BCUT2D eigenvalue weighted by Crippen LogP contribution is -2.33. The van der Waals surface area contributed by atoms with E-state index >= 15 is 0 Å². The maximum Gasteiger partial charge on any atom is 0.226 e. The molecule has 3 aromatic rings. The molecule has 0 saturated heterocycles. The van der Waals surface area contributed by atoms with Crippen LogP contribution in [0, 0.1) is 18.6 Å². The Morgan fingerprint density at radius 3 is 2.47 bits per heavy atom. The van der Waals surface area contributed by atoms with Gasteiger partial charge in [-0.1, -0.05) is 23.7 Å². The number of nitrogens with one attached hydrogen (secondary N) is 1. The van der Waals surface area contributed by atoms with Gasteiger partial charge in [-0.3, -0.25) is 4.79 Å². The first-order chi connectivity index (χ1) is 14.4. The van der Waals surface area contributed by atoms with Crippen molar-refractivity contribution >= 4 is 23.3 Å². The van der Waals surface area contributed by atoms with E-state index in [2.05, 4.69) is 15.4 Å². The molecule has 0 bridgehead atoms. The molecule has 0 spiro atoms. The van der Waals surface area contributed by atoms with Gasteiger partial charge in [0.25, 0.3) is 0 Å². The third kappa shape index (κ3) is 3.19. The minimum absolute atomic E-state index is 0.0264. The van der Waals surface area contributed by atoms with Crippen LogP contribution in [0.5, 0.6) is 0 Å². The average Bonchev–Trinajstić information content (AvgIpc) is 3.05. The molecule has 1 N–H and O–H groups in total. The minimum Gasteiger partial charge on any atom is -0.328 e. The molecule has 0 saturated carbocycles. The van der Waals surface area contributed by atoms with Crippen molar-refractivity contribution in [2.75, 3.05) is 5.32 Å². The molecule has 152 valence electrons. The van der Waals surface area contributed by atoms with E-state index in [9.17, 15) is 13.6 Å². The summed E-state index contributed by atoms with van der Waals surface area (Å²) in [4.78, 5) is 17.7. The summed E-state index contributed by atoms with van der Waals surface area (Å²) in [7, 11) is 0. The first kappa shape index (κ1) is 18.9. The van der Waals surface area contributed by atoms with Gasteiger partial charge in [0.2, 0.25) is 5.95 Å². The van der Waals surface area contributed by atoms with Gasteiger partial charge in [0.15, 0.2) is 5.78 Å². The number of ketones is 1. The van der Waals surface area contributed by atoms with Gasteiger partial charge in [0, 0.05) is 28.8 Å². The van der Waals surface area contributed by atoms with E-state index in [0.29, 0.717) is 46.5 Å². The average molecular weight is 427 g/mol. The lowest BCUT2D eigenvalue weighted by Gasteiger charge is -2.35. The van der Waals surface area contributed by atoms with Crippen molar-refractivity contribution in [1.82, 2.24) is 14.8 Å². The minimum atomic E-state index is -0.735. The molecule has 2 aromatic carbocycles. The SMILES string of the molecule is Cc1nc2n(n1)C(c1cc(F)cc(F)c1)C1=C(CC(c3ccc(Cl)cc3)CC1=O)N2. The summed E-state index contributed by atoms with van der Waals surface area (Å²) in [6.45, 7) is 1.73. The van der Waals surface area contributed by atoms with Crippen LogP contribution in [0.1, 0.15) is 41.8 Å². The number of benzene rings is 2. The molecule has 8 heteroatoms. The Kier molecular flexibility index (Phi) is 4.43. The van der Waals surface area contributed by atoms with E-state index in [1.165, 1.54) is 16.8 Å². The molecule has 2 atom stereocenters. The Morgan fingerprint density at radius 1 is 1.07 bits per heavy atom. The van der Waals surface area contributed by atoms with Crippen molar-refractivity contribution in [3.8, 4) is 0 Å². The third-order valence-corrected chi connectivity index (χ3v) is 5.82. The molecule has 0 amide bonds. The molecule has 30 heavy (non-hydrogen) atoms. The molecule has 2 aliphatic rings. The Labute approximate surface area is 176 Å². The van der Waals surface area contributed by atoms with Crippen LogP contribution in [0.25, 0.3) is 0 Å². The van der Waals surface area contributed by atoms with Crippen molar-refractivity contribution in [2.24, 2.45) is 0 Å². The lowest BCUT2D eigenvalue weighted by atomic mass is 9.78. The Bertz CT molecular complexity index is 1180. The predicted octanol–water partition coefficient (Wildman–Crippen LogP) is 4.93. The number of carbonyl (C=O) groups excluding carboxylic acids is 1. The van der Waals surface area contributed by atoms with Crippen LogP contribution < -0.4 is 5.32 Å². The number of nitrogens with zero attached hydrogens (tertiary/aromatic N) is 3. The predicted molar refractivity (Wildman–Crippen MR) is 108 cm³/mol. The van der Waals surface area contributed by atoms with Crippen molar-refractivity contribution in [3.63, 3.8) is 0 Å². The van der Waals surface area contributed by atoms with E-state index in [4.69, 9.17) is 11.6 Å². The van der Waals surface area contributed by atoms with Gasteiger partial charge in [0.05, 0.1) is 0 Å². The third-order valence-electron chi connectivity index (χ3n) is 5.57. The van der Waals surface area contributed by atoms with E-state index in [0.717, 1.165) is 11.6 Å². The molecule has 1 aliphatic heterocycles. The number of anilines is 1. The molecular formula is C22H17ClF2N4O. The second-order valence-electron chi connectivity index (χ2n) is 7.63. The van der Waals surface area contributed by atoms with Crippen LogP contribution in [0.2, 0.25) is 5.02 Å². The monoisotopic (exact) mass is 426 g/mol. The fraction of sp³-hybridized carbons (Fsp3) is 0.227. The molecular weight excluding hydrogens is 410 g/mol. The Balaban J connectivity index is 1.62. The summed E-state index contributed by atoms with van der Waals surface area (Å²) < 4.78 is 29.5. The number of halogens is 3.